The summed E-state index contributed by atoms with van der Waals surface area (Å²) in [4.78, 5) is 36.8. The highest BCUT2D eigenvalue weighted by atomic mass is 16.2. The minimum Gasteiger partial charge on any atom is -0.333 e. The van der Waals surface area contributed by atoms with E-state index in [1.54, 1.807) is 37.4 Å². The largest absolute Gasteiger partial charge is 0.333 e. The number of hydrogen-bond acceptors (Lipinski definition) is 3. The van der Waals surface area contributed by atoms with Gasteiger partial charge in [0.2, 0.25) is 17.7 Å². The molecule has 0 aliphatic rings. The number of hydrogen-bond donors (Lipinski definition) is 2. The topological polar surface area (TPSA) is 78.5 Å². The molecule has 28 heavy (non-hydrogen) atoms. The lowest BCUT2D eigenvalue weighted by Crippen LogP contribution is -2.34. The summed E-state index contributed by atoms with van der Waals surface area (Å²) in [5.74, 6) is -0.668. The molecule has 6 nitrogen and oxygen atoms in total. The summed E-state index contributed by atoms with van der Waals surface area (Å²) in [5, 5.41) is 5.52. The van der Waals surface area contributed by atoms with Gasteiger partial charge >= 0.3 is 0 Å². The Morgan fingerprint density at radius 3 is 2.32 bits per heavy atom. The Bertz CT molecular complexity index is 902. The van der Waals surface area contributed by atoms with Crippen LogP contribution < -0.4 is 10.6 Å². The number of benzene rings is 2. The molecule has 0 atom stereocenters. The molecule has 0 aliphatic carbocycles. The van der Waals surface area contributed by atoms with Gasteiger partial charge in [-0.15, -0.1) is 0 Å². The molecule has 0 aromatic heterocycles. The molecule has 2 aromatic carbocycles. The third-order valence-electron chi connectivity index (χ3n) is 4.29. The first kappa shape index (κ1) is 20.9. The van der Waals surface area contributed by atoms with Gasteiger partial charge < -0.3 is 15.5 Å². The summed E-state index contributed by atoms with van der Waals surface area (Å²) in [6.45, 7) is 5.32. The Morgan fingerprint density at radius 1 is 1.00 bits per heavy atom. The van der Waals surface area contributed by atoms with Crippen molar-refractivity contribution in [3.8, 4) is 0 Å². The van der Waals surface area contributed by atoms with E-state index < -0.39 is 0 Å². The third-order valence-corrected chi connectivity index (χ3v) is 4.29. The number of nitrogens with zero attached hydrogens (tertiary/aromatic N) is 1. The smallest absolute Gasteiger partial charge is 0.246 e. The molecule has 0 aliphatic heterocycles. The second kappa shape index (κ2) is 9.50. The highest BCUT2D eigenvalue weighted by molar-refractivity contribution is 5.98. The summed E-state index contributed by atoms with van der Waals surface area (Å²) < 4.78 is 0. The van der Waals surface area contributed by atoms with Crippen molar-refractivity contribution in [3.05, 3.63) is 65.2 Å². The fourth-order valence-electron chi connectivity index (χ4n) is 2.55. The van der Waals surface area contributed by atoms with E-state index >= 15 is 0 Å². The average molecular weight is 379 g/mol. The number of anilines is 2. The Kier molecular flexibility index (Phi) is 7.09. The van der Waals surface area contributed by atoms with Gasteiger partial charge in [0, 0.05) is 31.4 Å². The van der Waals surface area contributed by atoms with Crippen molar-refractivity contribution >= 4 is 35.2 Å². The number of nitrogens with one attached hydrogen (secondary N) is 2. The monoisotopic (exact) mass is 379 g/mol. The van der Waals surface area contributed by atoms with E-state index in [0.717, 1.165) is 22.4 Å². The molecule has 6 heteroatoms. The molecule has 0 radical (unpaired) electrons. The number of carbonyl (C=O) groups excluding carboxylic acids is 3. The quantitative estimate of drug-likeness (QED) is 0.756. The van der Waals surface area contributed by atoms with Gasteiger partial charge in [0.05, 0.1) is 6.54 Å². The predicted molar refractivity (Wildman–Crippen MR) is 112 cm³/mol. The van der Waals surface area contributed by atoms with Crippen molar-refractivity contribution < 1.29 is 14.4 Å². The second-order valence-corrected chi connectivity index (χ2v) is 6.63. The van der Waals surface area contributed by atoms with Crippen LogP contribution in [-0.4, -0.2) is 36.2 Å². The summed E-state index contributed by atoms with van der Waals surface area (Å²) in [7, 11) is 1.58. The van der Waals surface area contributed by atoms with Gasteiger partial charge in [-0.2, -0.15) is 0 Å². The van der Waals surface area contributed by atoms with Crippen molar-refractivity contribution in [2.75, 3.05) is 24.2 Å². The van der Waals surface area contributed by atoms with Crippen LogP contribution in [0.2, 0.25) is 0 Å². The lowest BCUT2D eigenvalue weighted by molar-refractivity contribution is -0.129. The van der Waals surface area contributed by atoms with Crippen LogP contribution in [-0.2, 0) is 14.4 Å². The molecule has 0 fully saturated rings. The Morgan fingerprint density at radius 2 is 1.68 bits per heavy atom. The zero-order chi connectivity index (χ0) is 20.7. The first-order chi connectivity index (χ1) is 13.3. The van der Waals surface area contributed by atoms with Gasteiger partial charge in [-0.05, 0) is 54.8 Å². The van der Waals surface area contributed by atoms with Crippen LogP contribution in [0.25, 0.3) is 6.08 Å². The molecule has 0 saturated carbocycles. The predicted octanol–water partition coefficient (Wildman–Crippen LogP) is 3.37. The van der Waals surface area contributed by atoms with Crippen LogP contribution in [0.15, 0.2) is 48.5 Å². The molecule has 3 amide bonds. The van der Waals surface area contributed by atoms with E-state index in [1.807, 2.05) is 32.0 Å². The van der Waals surface area contributed by atoms with Crippen LogP contribution in [0.3, 0.4) is 0 Å². The average Bonchev–Trinajstić information content (AvgIpc) is 2.64. The number of rotatable bonds is 6. The fraction of sp³-hybridized carbons (Fsp3) is 0.227. The lowest BCUT2D eigenvalue weighted by atomic mass is 10.1. The minimum absolute atomic E-state index is 0.0436. The summed E-state index contributed by atoms with van der Waals surface area (Å²) in [6, 6.07) is 12.8. The lowest BCUT2D eigenvalue weighted by Gasteiger charge is -2.16. The normalized spacial score (nSPS) is 10.6. The van der Waals surface area contributed by atoms with E-state index in [9.17, 15) is 14.4 Å². The first-order valence-corrected chi connectivity index (χ1v) is 8.93. The maximum atomic E-state index is 12.2. The standard InChI is InChI=1S/C22H25N3O3/c1-15-6-5-7-20(16(15)2)24-21(27)14-25(4)22(28)13-10-18-8-11-19(12-9-18)23-17(3)26/h5-13H,14H2,1-4H3,(H,23,26)(H,24,27)/b13-10+. The van der Waals surface area contributed by atoms with Crippen LogP contribution in [0.1, 0.15) is 23.6 Å². The third kappa shape index (κ3) is 6.09. The van der Waals surface area contributed by atoms with E-state index in [0.29, 0.717) is 5.69 Å². The van der Waals surface area contributed by atoms with E-state index in [-0.39, 0.29) is 24.3 Å². The molecule has 2 N–H and O–H groups in total. The maximum absolute atomic E-state index is 12.2. The molecule has 0 spiro atoms. The van der Waals surface area contributed by atoms with E-state index in [4.69, 9.17) is 0 Å². The number of aryl methyl sites for hydroxylation is 1. The van der Waals surface area contributed by atoms with Crippen LogP contribution in [0, 0.1) is 13.8 Å². The van der Waals surface area contributed by atoms with Gasteiger partial charge in [0.15, 0.2) is 0 Å². The van der Waals surface area contributed by atoms with Crippen molar-refractivity contribution in [1.29, 1.82) is 0 Å². The van der Waals surface area contributed by atoms with Gasteiger partial charge in [0.1, 0.15) is 0 Å². The molecule has 146 valence electrons. The van der Waals surface area contributed by atoms with Crippen molar-refractivity contribution in [2.45, 2.75) is 20.8 Å². The summed E-state index contributed by atoms with van der Waals surface area (Å²) in [5.41, 5.74) is 4.36. The van der Waals surface area contributed by atoms with E-state index in [2.05, 4.69) is 10.6 Å². The van der Waals surface area contributed by atoms with Crippen LogP contribution in [0.4, 0.5) is 11.4 Å². The number of amides is 3. The first-order valence-electron chi connectivity index (χ1n) is 8.93. The fourth-order valence-corrected chi connectivity index (χ4v) is 2.55. The van der Waals surface area contributed by atoms with Crippen LogP contribution in [0.5, 0.6) is 0 Å². The van der Waals surface area contributed by atoms with Crippen LogP contribution >= 0.6 is 0 Å². The van der Waals surface area contributed by atoms with Gasteiger partial charge in [-0.1, -0.05) is 24.3 Å². The molecule has 2 aromatic rings. The van der Waals surface area contributed by atoms with Gasteiger partial charge in [-0.25, -0.2) is 0 Å². The zero-order valence-electron chi connectivity index (χ0n) is 16.6. The molecule has 2 rings (SSSR count). The molecule has 0 saturated heterocycles. The van der Waals surface area contributed by atoms with Gasteiger partial charge in [-0.3, -0.25) is 14.4 Å². The molecule has 0 bridgehead atoms. The summed E-state index contributed by atoms with van der Waals surface area (Å²) >= 11 is 0. The van der Waals surface area contributed by atoms with Gasteiger partial charge in [0.25, 0.3) is 0 Å². The summed E-state index contributed by atoms with van der Waals surface area (Å²) in [6.07, 6.45) is 3.08. The SMILES string of the molecule is CC(=O)Nc1ccc(/C=C/C(=O)N(C)CC(=O)Nc2cccc(C)c2C)cc1. The Hall–Kier alpha value is -3.41. The van der Waals surface area contributed by atoms with Crippen molar-refractivity contribution in [3.63, 3.8) is 0 Å². The molecule has 0 heterocycles. The van der Waals surface area contributed by atoms with E-state index in [1.165, 1.54) is 17.9 Å². The number of carbonyl (C=O) groups is 3. The molecular formula is C22H25N3O3. The molecule has 0 unspecified atom stereocenters. The number of likely N-dealkylation sites (N-methyl/N-ethyl adjacent to an activating group) is 1. The van der Waals surface area contributed by atoms with Crippen molar-refractivity contribution in [2.24, 2.45) is 0 Å². The maximum Gasteiger partial charge on any atom is 0.246 e. The highest BCUT2D eigenvalue weighted by Gasteiger charge is 2.12. The highest BCUT2D eigenvalue weighted by Crippen LogP contribution is 2.17. The molecular weight excluding hydrogens is 354 g/mol. The van der Waals surface area contributed by atoms with Crippen molar-refractivity contribution in [1.82, 2.24) is 4.90 Å². The zero-order valence-corrected chi connectivity index (χ0v) is 16.6. The minimum atomic E-state index is -0.276. The second-order valence-electron chi connectivity index (χ2n) is 6.63. The Labute approximate surface area is 165 Å². The Balaban J connectivity index is 1.91.